The van der Waals surface area contributed by atoms with Crippen LogP contribution in [0.25, 0.3) is 0 Å². The van der Waals surface area contributed by atoms with E-state index >= 15 is 0 Å². The van der Waals surface area contributed by atoms with Gasteiger partial charge in [0.15, 0.2) is 11.6 Å². The molecule has 1 unspecified atom stereocenters. The first-order valence-corrected chi connectivity index (χ1v) is 6.55. The molecule has 0 saturated carbocycles. The molecule has 2 rings (SSSR count). The molecule has 0 fully saturated rings. The summed E-state index contributed by atoms with van der Waals surface area (Å²) in [4.78, 5) is 12.2. The minimum atomic E-state index is -0.575. The highest BCUT2D eigenvalue weighted by Crippen LogP contribution is 2.18. The molecule has 3 N–H and O–H groups in total. The Morgan fingerprint density at radius 3 is 2.57 bits per heavy atom. The summed E-state index contributed by atoms with van der Waals surface area (Å²) in [5.74, 6) is -0.852. The first kappa shape index (κ1) is 15.0. The molecular formula is C16H17FN2O2. The largest absolute Gasteiger partial charge is 0.494 e. The Balaban J connectivity index is 2.15. The molecule has 0 saturated heterocycles. The molecule has 0 aliphatic carbocycles. The van der Waals surface area contributed by atoms with Gasteiger partial charge in [0, 0.05) is 12.1 Å². The molecule has 2 aromatic carbocycles. The van der Waals surface area contributed by atoms with Crippen LogP contribution in [-0.4, -0.2) is 19.6 Å². The van der Waals surface area contributed by atoms with E-state index in [0.717, 1.165) is 11.6 Å². The number of amides is 1. The average molecular weight is 288 g/mol. The van der Waals surface area contributed by atoms with Gasteiger partial charge in [0.05, 0.1) is 13.2 Å². The molecule has 110 valence electrons. The fraction of sp³-hybridized carbons (Fsp3) is 0.188. The Morgan fingerprint density at radius 1 is 1.29 bits per heavy atom. The van der Waals surface area contributed by atoms with Crippen LogP contribution >= 0.6 is 0 Å². The van der Waals surface area contributed by atoms with Gasteiger partial charge in [0.25, 0.3) is 5.91 Å². The lowest BCUT2D eigenvalue weighted by molar-refractivity contribution is 0.0937. The quantitative estimate of drug-likeness (QED) is 0.887. The van der Waals surface area contributed by atoms with E-state index in [9.17, 15) is 9.18 Å². The van der Waals surface area contributed by atoms with Crippen LogP contribution in [0.1, 0.15) is 22.0 Å². The third kappa shape index (κ3) is 3.58. The topological polar surface area (TPSA) is 64.3 Å². The van der Waals surface area contributed by atoms with Gasteiger partial charge in [-0.05, 0) is 23.8 Å². The van der Waals surface area contributed by atoms with Crippen LogP contribution < -0.4 is 15.8 Å². The van der Waals surface area contributed by atoms with Crippen LogP contribution in [0.5, 0.6) is 5.75 Å². The molecule has 4 nitrogen and oxygen atoms in total. The number of ether oxygens (including phenoxy) is 1. The summed E-state index contributed by atoms with van der Waals surface area (Å²) in [6, 6.07) is 13.2. The molecule has 2 aromatic rings. The van der Waals surface area contributed by atoms with Crippen LogP contribution in [0.15, 0.2) is 48.5 Å². The molecule has 0 aliphatic heterocycles. The summed E-state index contributed by atoms with van der Waals surface area (Å²) in [6.45, 7) is 0.258. The summed E-state index contributed by atoms with van der Waals surface area (Å²) in [5, 5.41) is 2.79. The van der Waals surface area contributed by atoms with Gasteiger partial charge >= 0.3 is 0 Å². The first-order valence-electron chi connectivity index (χ1n) is 6.55. The summed E-state index contributed by atoms with van der Waals surface area (Å²) < 4.78 is 18.4. The molecule has 0 bridgehead atoms. The van der Waals surface area contributed by atoms with Crippen molar-refractivity contribution >= 4 is 5.91 Å². The van der Waals surface area contributed by atoms with Crippen LogP contribution in [0.2, 0.25) is 0 Å². The van der Waals surface area contributed by atoms with E-state index in [1.54, 1.807) is 0 Å². The van der Waals surface area contributed by atoms with Crippen molar-refractivity contribution in [3.05, 3.63) is 65.5 Å². The number of benzene rings is 2. The highest BCUT2D eigenvalue weighted by atomic mass is 19.1. The minimum Gasteiger partial charge on any atom is -0.494 e. The van der Waals surface area contributed by atoms with Gasteiger partial charge in [-0.1, -0.05) is 30.3 Å². The van der Waals surface area contributed by atoms with Crippen molar-refractivity contribution in [2.75, 3.05) is 13.7 Å². The SMILES string of the molecule is COc1ccc(C(=O)NC(CN)c2ccccc2)cc1F. The monoisotopic (exact) mass is 288 g/mol. The maximum Gasteiger partial charge on any atom is 0.251 e. The smallest absolute Gasteiger partial charge is 0.251 e. The Kier molecular flexibility index (Phi) is 4.90. The second kappa shape index (κ2) is 6.85. The van der Waals surface area contributed by atoms with Crippen molar-refractivity contribution in [3.63, 3.8) is 0 Å². The van der Waals surface area contributed by atoms with Crippen molar-refractivity contribution in [1.82, 2.24) is 5.32 Å². The molecule has 0 aliphatic rings. The van der Waals surface area contributed by atoms with E-state index < -0.39 is 5.82 Å². The Bertz CT molecular complexity index is 617. The molecule has 1 amide bonds. The number of methoxy groups -OCH3 is 1. The number of carbonyl (C=O) groups excluding carboxylic acids is 1. The van der Waals surface area contributed by atoms with Gasteiger partial charge in [-0.2, -0.15) is 0 Å². The number of carbonyl (C=O) groups is 1. The van der Waals surface area contributed by atoms with Crippen molar-refractivity contribution < 1.29 is 13.9 Å². The zero-order chi connectivity index (χ0) is 15.2. The molecule has 0 aromatic heterocycles. The van der Waals surface area contributed by atoms with Gasteiger partial charge in [-0.15, -0.1) is 0 Å². The lowest BCUT2D eigenvalue weighted by atomic mass is 10.1. The van der Waals surface area contributed by atoms with Crippen molar-refractivity contribution in [1.29, 1.82) is 0 Å². The third-order valence-electron chi connectivity index (χ3n) is 3.16. The fourth-order valence-corrected chi connectivity index (χ4v) is 2.01. The maximum absolute atomic E-state index is 13.6. The van der Waals surface area contributed by atoms with Crippen molar-refractivity contribution in [2.45, 2.75) is 6.04 Å². The minimum absolute atomic E-state index is 0.102. The number of hydrogen-bond donors (Lipinski definition) is 2. The van der Waals surface area contributed by atoms with E-state index in [1.165, 1.54) is 19.2 Å². The molecule has 21 heavy (non-hydrogen) atoms. The first-order chi connectivity index (χ1) is 10.2. The number of halogens is 1. The molecular weight excluding hydrogens is 271 g/mol. The van der Waals surface area contributed by atoms with Crippen LogP contribution in [0.3, 0.4) is 0 Å². The van der Waals surface area contributed by atoms with E-state index in [0.29, 0.717) is 0 Å². The number of rotatable bonds is 5. The molecule has 0 spiro atoms. The second-order valence-electron chi connectivity index (χ2n) is 4.52. The number of nitrogens with one attached hydrogen (secondary N) is 1. The maximum atomic E-state index is 13.6. The third-order valence-corrected chi connectivity index (χ3v) is 3.16. The van der Waals surface area contributed by atoms with Gasteiger partial charge in [0.1, 0.15) is 0 Å². The van der Waals surface area contributed by atoms with Crippen molar-refractivity contribution in [3.8, 4) is 5.75 Å². The van der Waals surface area contributed by atoms with Crippen molar-refractivity contribution in [2.24, 2.45) is 5.73 Å². The van der Waals surface area contributed by atoms with Gasteiger partial charge in [-0.25, -0.2) is 4.39 Å². The number of hydrogen-bond acceptors (Lipinski definition) is 3. The van der Waals surface area contributed by atoms with Crippen LogP contribution in [0, 0.1) is 5.82 Å². The zero-order valence-corrected chi connectivity index (χ0v) is 11.7. The Labute approximate surface area is 122 Å². The Hall–Kier alpha value is -2.40. The molecule has 5 heteroatoms. The highest BCUT2D eigenvalue weighted by molar-refractivity contribution is 5.94. The van der Waals surface area contributed by atoms with Crippen LogP contribution in [-0.2, 0) is 0 Å². The van der Waals surface area contributed by atoms with Gasteiger partial charge in [-0.3, -0.25) is 4.79 Å². The number of nitrogens with two attached hydrogens (primary N) is 1. The van der Waals surface area contributed by atoms with E-state index in [2.05, 4.69) is 5.32 Å². The standard InChI is InChI=1S/C16H17FN2O2/c1-21-15-8-7-12(9-13(15)17)16(20)19-14(10-18)11-5-3-2-4-6-11/h2-9,14H,10,18H2,1H3,(H,19,20). The fourth-order valence-electron chi connectivity index (χ4n) is 2.01. The molecule has 0 radical (unpaired) electrons. The lowest BCUT2D eigenvalue weighted by Gasteiger charge is -2.17. The molecule has 0 heterocycles. The predicted molar refractivity (Wildman–Crippen MR) is 78.7 cm³/mol. The average Bonchev–Trinajstić information content (AvgIpc) is 2.53. The summed E-state index contributed by atoms with van der Waals surface area (Å²) in [7, 11) is 1.37. The van der Waals surface area contributed by atoms with Gasteiger partial charge < -0.3 is 15.8 Å². The Morgan fingerprint density at radius 2 is 2.00 bits per heavy atom. The summed E-state index contributed by atoms with van der Waals surface area (Å²) in [5.41, 5.74) is 6.83. The lowest BCUT2D eigenvalue weighted by Crippen LogP contribution is -2.33. The molecule has 1 atom stereocenters. The van der Waals surface area contributed by atoms with E-state index in [4.69, 9.17) is 10.5 Å². The predicted octanol–water partition coefficient (Wildman–Crippen LogP) is 2.26. The zero-order valence-electron chi connectivity index (χ0n) is 11.7. The van der Waals surface area contributed by atoms with Gasteiger partial charge in [0.2, 0.25) is 0 Å². The van der Waals surface area contributed by atoms with E-state index in [1.807, 2.05) is 30.3 Å². The highest BCUT2D eigenvalue weighted by Gasteiger charge is 2.15. The van der Waals surface area contributed by atoms with Crippen LogP contribution in [0.4, 0.5) is 4.39 Å². The second-order valence-corrected chi connectivity index (χ2v) is 4.52. The summed E-state index contributed by atoms with van der Waals surface area (Å²) in [6.07, 6.45) is 0. The summed E-state index contributed by atoms with van der Waals surface area (Å²) >= 11 is 0. The van der Waals surface area contributed by atoms with E-state index in [-0.39, 0.29) is 29.8 Å². The normalized spacial score (nSPS) is 11.8.